The van der Waals surface area contributed by atoms with Crippen molar-refractivity contribution in [1.29, 1.82) is 0 Å². The first kappa shape index (κ1) is 20.6. The zero-order valence-electron chi connectivity index (χ0n) is 14.2. The van der Waals surface area contributed by atoms with Crippen molar-refractivity contribution in [2.75, 3.05) is 20.7 Å². The lowest BCUT2D eigenvalue weighted by molar-refractivity contribution is 0.397. The van der Waals surface area contributed by atoms with E-state index in [1.165, 1.54) is 4.88 Å². The summed E-state index contributed by atoms with van der Waals surface area (Å²) in [6, 6.07) is 3.83. The number of rotatable bonds is 7. The van der Waals surface area contributed by atoms with Crippen LogP contribution in [0.15, 0.2) is 29.5 Å². The lowest BCUT2D eigenvalue weighted by Crippen LogP contribution is -2.37. The third kappa shape index (κ3) is 6.60. The van der Waals surface area contributed by atoms with Crippen molar-refractivity contribution in [2.24, 2.45) is 4.99 Å². The van der Waals surface area contributed by atoms with Gasteiger partial charge in [-0.1, -0.05) is 13.0 Å². The fraction of sp³-hybridized carbons (Fsp3) is 0.438. The monoisotopic (exact) mass is 461 g/mol. The molecule has 0 spiro atoms. The molecule has 0 saturated heterocycles. The van der Waals surface area contributed by atoms with Crippen LogP contribution in [-0.2, 0) is 19.4 Å². The molecule has 0 aliphatic carbocycles. The third-order valence-corrected chi connectivity index (χ3v) is 4.47. The Balaban J connectivity index is 0.00000288. The van der Waals surface area contributed by atoms with Crippen molar-refractivity contribution in [3.8, 4) is 5.88 Å². The van der Waals surface area contributed by atoms with Crippen molar-refractivity contribution in [1.82, 2.24) is 20.6 Å². The van der Waals surface area contributed by atoms with E-state index >= 15 is 0 Å². The number of nitrogens with one attached hydrogen (secondary N) is 2. The molecule has 2 heterocycles. The highest BCUT2D eigenvalue weighted by molar-refractivity contribution is 14.0. The second kappa shape index (κ2) is 11.2. The van der Waals surface area contributed by atoms with E-state index in [0.717, 1.165) is 35.9 Å². The molecular weight excluding hydrogens is 437 g/mol. The summed E-state index contributed by atoms with van der Waals surface area (Å²) in [4.78, 5) is 14.2. The number of halogens is 1. The third-order valence-electron chi connectivity index (χ3n) is 3.27. The van der Waals surface area contributed by atoms with Gasteiger partial charge < -0.3 is 15.4 Å². The molecule has 0 aromatic carbocycles. The minimum absolute atomic E-state index is 0. The quantitative estimate of drug-likeness (QED) is 0.377. The molecule has 8 heteroatoms. The molecule has 2 aromatic heterocycles. The Morgan fingerprint density at radius 2 is 2.08 bits per heavy atom. The molecule has 6 nitrogen and oxygen atoms in total. The molecule has 0 fully saturated rings. The van der Waals surface area contributed by atoms with E-state index < -0.39 is 0 Å². The van der Waals surface area contributed by atoms with E-state index in [4.69, 9.17) is 4.74 Å². The maximum Gasteiger partial charge on any atom is 0.212 e. The second-order valence-corrected chi connectivity index (χ2v) is 6.08. The normalized spacial score (nSPS) is 10.9. The number of ether oxygens (including phenoxy) is 1. The minimum Gasteiger partial charge on any atom is -0.481 e. The molecule has 0 bridgehead atoms. The van der Waals surface area contributed by atoms with Crippen molar-refractivity contribution in [3.05, 3.63) is 40.0 Å². The highest BCUT2D eigenvalue weighted by Crippen LogP contribution is 2.13. The Hall–Kier alpha value is -1.42. The molecule has 0 aliphatic rings. The van der Waals surface area contributed by atoms with Gasteiger partial charge in [0.1, 0.15) is 0 Å². The molecule has 0 aliphatic heterocycles. The molecule has 24 heavy (non-hydrogen) atoms. The van der Waals surface area contributed by atoms with Crippen molar-refractivity contribution in [3.63, 3.8) is 0 Å². The summed E-state index contributed by atoms with van der Waals surface area (Å²) in [6.07, 6.45) is 5.70. The topological polar surface area (TPSA) is 71.4 Å². The van der Waals surface area contributed by atoms with Crippen LogP contribution in [0.25, 0.3) is 0 Å². The lowest BCUT2D eigenvalue weighted by atomic mass is 10.3. The van der Waals surface area contributed by atoms with Crippen LogP contribution in [-0.4, -0.2) is 36.6 Å². The van der Waals surface area contributed by atoms with Gasteiger partial charge in [0, 0.05) is 49.9 Å². The van der Waals surface area contributed by atoms with Crippen LogP contribution in [0.2, 0.25) is 0 Å². The number of hydrogen-bond donors (Lipinski definition) is 2. The number of aliphatic imine (C=N–C) groups is 1. The first-order valence-electron chi connectivity index (χ1n) is 7.62. The smallest absolute Gasteiger partial charge is 0.212 e. The number of guanidine groups is 1. The number of pyridine rings is 1. The van der Waals surface area contributed by atoms with E-state index in [-0.39, 0.29) is 24.0 Å². The van der Waals surface area contributed by atoms with Crippen LogP contribution < -0.4 is 15.4 Å². The van der Waals surface area contributed by atoms with Crippen LogP contribution in [0.5, 0.6) is 5.88 Å². The van der Waals surface area contributed by atoms with Crippen molar-refractivity contribution >= 4 is 41.3 Å². The van der Waals surface area contributed by atoms with E-state index in [0.29, 0.717) is 12.4 Å². The average Bonchev–Trinajstić information content (AvgIpc) is 3.06. The van der Waals surface area contributed by atoms with Crippen LogP contribution in [0.1, 0.15) is 22.4 Å². The van der Waals surface area contributed by atoms with Crippen LogP contribution >= 0.6 is 35.3 Å². The van der Waals surface area contributed by atoms with E-state index in [9.17, 15) is 0 Å². The molecule has 0 unspecified atom stereocenters. The first-order valence-corrected chi connectivity index (χ1v) is 8.43. The largest absolute Gasteiger partial charge is 0.481 e. The number of nitrogens with zero attached hydrogens (tertiary/aromatic N) is 3. The second-order valence-electron chi connectivity index (χ2n) is 4.89. The zero-order chi connectivity index (χ0) is 16.5. The molecular formula is C16H24IN5OS. The van der Waals surface area contributed by atoms with Gasteiger partial charge in [0.05, 0.1) is 12.1 Å². The van der Waals surface area contributed by atoms with Crippen LogP contribution in [0.3, 0.4) is 0 Å². The van der Waals surface area contributed by atoms with Crippen LogP contribution in [0.4, 0.5) is 0 Å². The number of thiazole rings is 1. The molecule has 0 atom stereocenters. The maximum atomic E-state index is 5.05. The number of hydrogen-bond acceptors (Lipinski definition) is 5. The summed E-state index contributed by atoms with van der Waals surface area (Å²) in [5.74, 6) is 1.39. The Bertz CT molecular complexity index is 630. The SMILES string of the molecule is CCc1cnc(CCNC(=NC)NCc2ccc(OC)nc2)s1.I. The fourth-order valence-corrected chi connectivity index (χ4v) is 2.82. The van der Waals surface area contributed by atoms with Crippen LogP contribution in [0, 0.1) is 0 Å². The van der Waals surface area contributed by atoms with Gasteiger partial charge in [-0.05, 0) is 12.0 Å². The summed E-state index contributed by atoms with van der Waals surface area (Å²) in [7, 11) is 3.37. The van der Waals surface area contributed by atoms with Gasteiger partial charge in [-0.2, -0.15) is 0 Å². The van der Waals surface area contributed by atoms with Crippen molar-refractivity contribution < 1.29 is 4.74 Å². The van der Waals surface area contributed by atoms with Gasteiger partial charge >= 0.3 is 0 Å². The minimum atomic E-state index is 0. The van der Waals surface area contributed by atoms with E-state index in [1.54, 1.807) is 31.7 Å². The molecule has 132 valence electrons. The summed E-state index contributed by atoms with van der Waals surface area (Å²) in [5.41, 5.74) is 1.07. The Labute approximate surface area is 164 Å². The molecule has 2 N–H and O–H groups in total. The van der Waals surface area contributed by atoms with Gasteiger partial charge in [0.15, 0.2) is 5.96 Å². The highest BCUT2D eigenvalue weighted by atomic mass is 127. The molecule has 0 saturated carbocycles. The summed E-state index contributed by atoms with van der Waals surface area (Å²) < 4.78 is 5.05. The summed E-state index contributed by atoms with van der Waals surface area (Å²) in [6.45, 7) is 3.61. The molecule has 0 amide bonds. The van der Waals surface area contributed by atoms with Gasteiger partial charge in [-0.3, -0.25) is 4.99 Å². The summed E-state index contributed by atoms with van der Waals surface area (Å²) in [5, 5.41) is 7.72. The number of methoxy groups -OCH3 is 1. The maximum absolute atomic E-state index is 5.05. The lowest BCUT2D eigenvalue weighted by Gasteiger charge is -2.11. The molecule has 2 aromatic rings. The van der Waals surface area contributed by atoms with Gasteiger partial charge in [0.2, 0.25) is 5.88 Å². The van der Waals surface area contributed by atoms with Gasteiger partial charge in [-0.15, -0.1) is 35.3 Å². The first-order chi connectivity index (χ1) is 11.2. The predicted molar refractivity (Wildman–Crippen MR) is 110 cm³/mol. The molecule has 2 rings (SSSR count). The van der Waals surface area contributed by atoms with Gasteiger partial charge in [-0.25, -0.2) is 9.97 Å². The Morgan fingerprint density at radius 1 is 1.25 bits per heavy atom. The standard InChI is InChI=1S/C16H23N5OS.HI/c1-4-13-11-20-15(23-13)7-8-18-16(17-2)21-10-12-5-6-14(22-3)19-9-12;/h5-6,9,11H,4,7-8,10H2,1-3H3,(H2,17,18,21);1H. The van der Waals surface area contributed by atoms with Gasteiger partial charge in [0.25, 0.3) is 0 Å². The number of aryl methyl sites for hydroxylation is 1. The predicted octanol–water partition coefficient (Wildman–Crippen LogP) is 2.63. The summed E-state index contributed by atoms with van der Waals surface area (Å²) >= 11 is 1.77. The zero-order valence-corrected chi connectivity index (χ0v) is 17.4. The van der Waals surface area contributed by atoms with E-state index in [2.05, 4.69) is 32.5 Å². The Kier molecular flexibility index (Phi) is 9.62. The number of aromatic nitrogens is 2. The Morgan fingerprint density at radius 3 is 2.67 bits per heavy atom. The van der Waals surface area contributed by atoms with Crippen molar-refractivity contribution in [2.45, 2.75) is 26.3 Å². The van der Waals surface area contributed by atoms with E-state index in [1.807, 2.05) is 18.3 Å². The molecule has 0 radical (unpaired) electrons. The average molecular weight is 461 g/mol. The fourth-order valence-electron chi connectivity index (χ4n) is 1.96. The highest BCUT2D eigenvalue weighted by Gasteiger charge is 2.02.